The summed E-state index contributed by atoms with van der Waals surface area (Å²) in [6.07, 6.45) is 3.46. The van der Waals surface area contributed by atoms with Gasteiger partial charge in [-0.3, -0.25) is 9.78 Å². The summed E-state index contributed by atoms with van der Waals surface area (Å²) in [6, 6.07) is 1.59. The van der Waals surface area contributed by atoms with Gasteiger partial charge in [-0.2, -0.15) is 0 Å². The molecule has 0 unspecified atom stereocenters. The number of rotatable bonds is 2. The maximum absolute atomic E-state index is 13.0. The Morgan fingerprint density at radius 1 is 1.38 bits per heavy atom. The number of hydrogen-bond acceptors (Lipinski definition) is 3. The van der Waals surface area contributed by atoms with Crippen molar-refractivity contribution < 1.29 is 13.6 Å². The van der Waals surface area contributed by atoms with Crippen LogP contribution in [0, 0.1) is 0 Å². The van der Waals surface area contributed by atoms with Gasteiger partial charge in [0, 0.05) is 37.7 Å². The van der Waals surface area contributed by atoms with E-state index in [1.807, 2.05) is 0 Å². The monoisotopic (exact) mass is 226 g/mol. The molecule has 1 aromatic rings. The molecule has 0 bridgehead atoms. The van der Waals surface area contributed by atoms with Gasteiger partial charge in [0.2, 0.25) is 0 Å². The third kappa shape index (κ3) is 2.18. The summed E-state index contributed by atoms with van der Waals surface area (Å²) < 4.78 is 25.9. The van der Waals surface area contributed by atoms with Crippen molar-refractivity contribution in [2.75, 3.05) is 18.0 Å². The van der Waals surface area contributed by atoms with E-state index >= 15 is 0 Å². The molecule has 5 heteroatoms. The van der Waals surface area contributed by atoms with Gasteiger partial charge >= 0.3 is 0 Å². The summed E-state index contributed by atoms with van der Waals surface area (Å²) in [4.78, 5) is 16.5. The Kier molecular flexibility index (Phi) is 2.85. The van der Waals surface area contributed by atoms with Crippen molar-refractivity contribution in [1.29, 1.82) is 0 Å². The number of aromatic nitrogens is 1. The summed E-state index contributed by atoms with van der Waals surface area (Å²) in [7, 11) is 0. The highest BCUT2D eigenvalue weighted by Gasteiger charge is 2.34. The van der Waals surface area contributed by atoms with E-state index < -0.39 is 5.92 Å². The fourth-order valence-electron chi connectivity index (χ4n) is 1.84. The number of anilines is 1. The first-order chi connectivity index (χ1) is 7.62. The van der Waals surface area contributed by atoms with Crippen LogP contribution < -0.4 is 4.90 Å². The van der Waals surface area contributed by atoms with Crippen molar-refractivity contribution in [3.8, 4) is 0 Å². The Balaban J connectivity index is 2.17. The van der Waals surface area contributed by atoms with Gasteiger partial charge < -0.3 is 4.90 Å². The van der Waals surface area contributed by atoms with Crippen molar-refractivity contribution >= 4 is 12.0 Å². The van der Waals surface area contributed by atoms with Gasteiger partial charge in [-0.25, -0.2) is 8.78 Å². The minimum absolute atomic E-state index is 0.166. The molecule has 0 amide bonds. The number of halogens is 2. The lowest BCUT2D eigenvalue weighted by Gasteiger charge is -2.33. The summed E-state index contributed by atoms with van der Waals surface area (Å²) >= 11 is 0. The van der Waals surface area contributed by atoms with Crippen LogP contribution in [0.3, 0.4) is 0 Å². The van der Waals surface area contributed by atoms with Gasteiger partial charge in [-0.1, -0.05) is 0 Å². The third-order valence-corrected chi connectivity index (χ3v) is 2.80. The standard InChI is InChI=1S/C11H12F2N2O/c12-11(13)2-5-15(6-3-11)10-7-14-4-1-9(10)8-16/h1,4,7-8H,2-3,5-6H2. The fraction of sp³-hybridized carbons (Fsp3) is 0.455. The van der Waals surface area contributed by atoms with Gasteiger partial charge in [0.1, 0.15) is 0 Å². The van der Waals surface area contributed by atoms with E-state index in [0.717, 1.165) is 6.29 Å². The molecule has 16 heavy (non-hydrogen) atoms. The summed E-state index contributed by atoms with van der Waals surface area (Å²) in [6.45, 7) is 0.527. The Bertz CT molecular complexity index is 385. The van der Waals surface area contributed by atoms with Crippen LogP contribution in [-0.2, 0) is 0 Å². The molecule has 1 aromatic heterocycles. The van der Waals surface area contributed by atoms with E-state index in [1.165, 1.54) is 6.20 Å². The molecule has 86 valence electrons. The van der Waals surface area contributed by atoms with Crippen LogP contribution in [0.2, 0.25) is 0 Å². The largest absolute Gasteiger partial charge is 0.369 e. The maximum Gasteiger partial charge on any atom is 0.251 e. The average Bonchev–Trinajstić information content (AvgIpc) is 2.29. The minimum Gasteiger partial charge on any atom is -0.369 e. The SMILES string of the molecule is O=Cc1ccncc1N1CCC(F)(F)CC1. The molecule has 0 aliphatic carbocycles. The van der Waals surface area contributed by atoms with E-state index in [4.69, 9.17) is 0 Å². The first-order valence-corrected chi connectivity index (χ1v) is 5.14. The van der Waals surface area contributed by atoms with Crippen LogP contribution in [0.1, 0.15) is 23.2 Å². The van der Waals surface area contributed by atoms with Crippen LogP contribution >= 0.6 is 0 Å². The molecule has 1 fully saturated rings. The number of nitrogens with zero attached hydrogens (tertiary/aromatic N) is 2. The molecular formula is C11H12F2N2O. The second-order valence-corrected chi connectivity index (χ2v) is 3.90. The lowest BCUT2D eigenvalue weighted by atomic mass is 10.1. The van der Waals surface area contributed by atoms with Gasteiger partial charge in [0.25, 0.3) is 5.92 Å². The molecule has 0 spiro atoms. The topological polar surface area (TPSA) is 33.2 Å². The zero-order valence-electron chi connectivity index (χ0n) is 8.70. The van der Waals surface area contributed by atoms with Crippen molar-refractivity contribution in [1.82, 2.24) is 4.98 Å². The summed E-state index contributed by atoms with van der Waals surface area (Å²) in [5.74, 6) is -2.57. The molecule has 0 atom stereocenters. The molecule has 1 saturated heterocycles. The predicted octanol–water partition coefficient (Wildman–Crippen LogP) is 2.13. The second-order valence-electron chi connectivity index (χ2n) is 3.90. The van der Waals surface area contributed by atoms with Crippen LogP contribution in [0.25, 0.3) is 0 Å². The number of carbonyl (C=O) groups is 1. The van der Waals surface area contributed by atoms with Crippen LogP contribution in [0.5, 0.6) is 0 Å². The molecule has 1 aliphatic rings. The van der Waals surface area contributed by atoms with Gasteiger partial charge in [-0.15, -0.1) is 0 Å². The highest BCUT2D eigenvalue weighted by atomic mass is 19.3. The summed E-state index contributed by atoms with van der Waals surface area (Å²) in [5.41, 5.74) is 1.15. The smallest absolute Gasteiger partial charge is 0.251 e. The van der Waals surface area contributed by atoms with Crippen LogP contribution in [0.4, 0.5) is 14.5 Å². The zero-order chi connectivity index (χ0) is 11.6. The van der Waals surface area contributed by atoms with E-state index in [0.29, 0.717) is 11.3 Å². The predicted molar refractivity (Wildman–Crippen MR) is 56.0 cm³/mol. The lowest BCUT2D eigenvalue weighted by molar-refractivity contribution is -0.0220. The maximum atomic E-state index is 13.0. The van der Waals surface area contributed by atoms with Gasteiger partial charge in [-0.05, 0) is 6.07 Å². The lowest BCUT2D eigenvalue weighted by Crippen LogP contribution is -2.39. The molecule has 0 N–H and O–H groups in total. The first-order valence-electron chi connectivity index (χ1n) is 5.14. The van der Waals surface area contributed by atoms with Crippen LogP contribution in [0.15, 0.2) is 18.5 Å². The molecule has 1 aliphatic heterocycles. The number of aldehydes is 1. The number of carbonyl (C=O) groups excluding carboxylic acids is 1. The zero-order valence-corrected chi connectivity index (χ0v) is 8.70. The molecule has 2 heterocycles. The Hall–Kier alpha value is -1.52. The highest BCUT2D eigenvalue weighted by molar-refractivity contribution is 5.84. The molecule has 3 nitrogen and oxygen atoms in total. The number of pyridine rings is 1. The van der Waals surface area contributed by atoms with E-state index in [9.17, 15) is 13.6 Å². The quantitative estimate of drug-likeness (QED) is 0.724. The van der Waals surface area contributed by atoms with Crippen molar-refractivity contribution in [2.45, 2.75) is 18.8 Å². The molecule has 0 saturated carbocycles. The highest BCUT2D eigenvalue weighted by Crippen LogP contribution is 2.30. The Labute approximate surface area is 92.1 Å². The molecule has 2 rings (SSSR count). The number of piperidine rings is 1. The van der Waals surface area contributed by atoms with Gasteiger partial charge in [0.05, 0.1) is 11.9 Å². The van der Waals surface area contributed by atoms with E-state index in [-0.39, 0.29) is 25.9 Å². The van der Waals surface area contributed by atoms with Crippen LogP contribution in [-0.4, -0.2) is 30.3 Å². The fourth-order valence-corrected chi connectivity index (χ4v) is 1.84. The average molecular weight is 226 g/mol. The number of alkyl halides is 2. The molecular weight excluding hydrogens is 214 g/mol. The normalized spacial score (nSPS) is 19.5. The molecule has 0 radical (unpaired) electrons. The van der Waals surface area contributed by atoms with Crippen molar-refractivity contribution in [2.24, 2.45) is 0 Å². The summed E-state index contributed by atoms with van der Waals surface area (Å²) in [5, 5.41) is 0. The van der Waals surface area contributed by atoms with Gasteiger partial charge in [0.15, 0.2) is 6.29 Å². The van der Waals surface area contributed by atoms with E-state index in [2.05, 4.69) is 4.98 Å². The third-order valence-electron chi connectivity index (χ3n) is 2.80. The van der Waals surface area contributed by atoms with Crippen molar-refractivity contribution in [3.63, 3.8) is 0 Å². The Morgan fingerprint density at radius 3 is 2.69 bits per heavy atom. The van der Waals surface area contributed by atoms with Crippen molar-refractivity contribution in [3.05, 3.63) is 24.0 Å². The van der Waals surface area contributed by atoms with E-state index in [1.54, 1.807) is 17.2 Å². The Morgan fingerprint density at radius 2 is 2.06 bits per heavy atom. The molecule has 0 aromatic carbocycles. The first kappa shape index (κ1) is 11.0. The second kappa shape index (κ2) is 4.15. The number of hydrogen-bond donors (Lipinski definition) is 0. The minimum atomic E-state index is -2.57.